The Balaban J connectivity index is 0.916. The molecule has 0 saturated heterocycles. The summed E-state index contributed by atoms with van der Waals surface area (Å²) in [7, 11) is 0. The summed E-state index contributed by atoms with van der Waals surface area (Å²) in [5.74, 6) is 1.94. The molecule has 0 aliphatic heterocycles. The smallest absolute Gasteiger partial charge is 0.164 e. The molecule has 0 bridgehead atoms. The fraction of sp³-hybridized carbons (Fsp3) is 0. The Kier molecular flexibility index (Phi) is 7.85. The Labute approximate surface area is 348 Å². The van der Waals surface area contributed by atoms with Gasteiger partial charge >= 0.3 is 0 Å². The number of fused-ring (bicyclic) bond motifs is 5. The van der Waals surface area contributed by atoms with Gasteiger partial charge in [0.2, 0.25) is 0 Å². The second kappa shape index (κ2) is 13.8. The lowest BCUT2D eigenvalue weighted by Crippen LogP contribution is -2.00. The Morgan fingerprint density at radius 3 is 1.28 bits per heavy atom. The molecule has 1 aromatic heterocycles. The van der Waals surface area contributed by atoms with E-state index in [9.17, 15) is 0 Å². The molecule has 3 nitrogen and oxygen atoms in total. The molecule has 0 unspecified atom stereocenters. The monoisotopic (exact) mass is 761 g/mol. The molecular weight excluding hydrogens is 727 g/mol. The van der Waals surface area contributed by atoms with Crippen molar-refractivity contribution >= 4 is 32.3 Å². The standard InChI is InChI=1S/C57H35N3/c1-2-11-41(12-3-1)55-58-56(60-57(59-55)47-29-22-36-10-4-5-13-43(36)32-47)42-27-25-39(26-28-42)52-34-45-15-7-6-14-44(45)33-51(52)38-23-20-37(21-24-38)46-30-31-48-49-18-8-16-40-17-9-19-50(54(40)49)53(48)35-46/h1-35H. The van der Waals surface area contributed by atoms with Gasteiger partial charge in [-0.3, -0.25) is 0 Å². The SMILES string of the molecule is c1ccc(-c2nc(-c3ccc(-c4cc5ccccc5cc4-c4ccc(-c5ccc6c(c5)-c5cccc7cccc-6c57)cc4)cc3)nc(-c3ccc4ccccc4c3)n2)cc1. The van der Waals surface area contributed by atoms with Crippen LogP contribution in [0.25, 0.3) is 122 Å². The van der Waals surface area contributed by atoms with Gasteiger partial charge < -0.3 is 0 Å². The first-order chi connectivity index (χ1) is 29.7. The Morgan fingerprint density at radius 2 is 0.650 bits per heavy atom. The lowest BCUT2D eigenvalue weighted by Gasteiger charge is -2.14. The molecule has 1 aliphatic rings. The van der Waals surface area contributed by atoms with Crippen molar-refractivity contribution < 1.29 is 0 Å². The minimum Gasteiger partial charge on any atom is -0.208 e. The molecule has 60 heavy (non-hydrogen) atoms. The van der Waals surface area contributed by atoms with Gasteiger partial charge in [0.1, 0.15) is 0 Å². The molecule has 278 valence electrons. The van der Waals surface area contributed by atoms with Gasteiger partial charge in [0.05, 0.1) is 0 Å². The molecule has 1 heterocycles. The van der Waals surface area contributed by atoms with E-state index < -0.39 is 0 Å². The molecule has 3 heteroatoms. The van der Waals surface area contributed by atoms with Crippen molar-refractivity contribution in [3.8, 4) is 89.8 Å². The number of nitrogens with zero attached hydrogens (tertiary/aromatic N) is 3. The van der Waals surface area contributed by atoms with Crippen LogP contribution in [-0.2, 0) is 0 Å². The van der Waals surface area contributed by atoms with Crippen molar-refractivity contribution in [2.75, 3.05) is 0 Å². The van der Waals surface area contributed by atoms with Crippen LogP contribution in [0.4, 0.5) is 0 Å². The molecule has 0 N–H and O–H groups in total. The summed E-state index contributed by atoms with van der Waals surface area (Å²) in [5, 5.41) is 7.40. The second-order valence-electron chi connectivity index (χ2n) is 15.6. The van der Waals surface area contributed by atoms with E-state index in [-0.39, 0.29) is 0 Å². The topological polar surface area (TPSA) is 38.7 Å². The van der Waals surface area contributed by atoms with Crippen molar-refractivity contribution in [3.05, 3.63) is 212 Å². The third-order valence-electron chi connectivity index (χ3n) is 12.0. The fourth-order valence-corrected chi connectivity index (χ4v) is 9.01. The van der Waals surface area contributed by atoms with E-state index in [1.165, 1.54) is 77.0 Å². The van der Waals surface area contributed by atoms with Crippen molar-refractivity contribution in [2.45, 2.75) is 0 Å². The van der Waals surface area contributed by atoms with Crippen LogP contribution in [0.3, 0.4) is 0 Å². The van der Waals surface area contributed by atoms with Gasteiger partial charge in [-0.1, -0.05) is 188 Å². The summed E-state index contributed by atoms with van der Waals surface area (Å²) in [5.41, 5.74) is 15.2. The zero-order valence-corrected chi connectivity index (χ0v) is 32.5. The average Bonchev–Trinajstić information content (AvgIpc) is 3.65. The van der Waals surface area contributed by atoms with E-state index in [1.54, 1.807) is 0 Å². The molecule has 0 fully saturated rings. The predicted molar refractivity (Wildman–Crippen MR) is 249 cm³/mol. The van der Waals surface area contributed by atoms with Gasteiger partial charge in [-0.05, 0) is 112 Å². The number of hydrogen-bond acceptors (Lipinski definition) is 3. The van der Waals surface area contributed by atoms with E-state index in [2.05, 4.69) is 182 Å². The minimum atomic E-state index is 0.639. The third-order valence-corrected chi connectivity index (χ3v) is 12.0. The summed E-state index contributed by atoms with van der Waals surface area (Å²) in [6.07, 6.45) is 0. The number of aromatic nitrogens is 3. The average molecular weight is 762 g/mol. The molecular formula is C57H35N3. The number of benzene rings is 10. The normalized spacial score (nSPS) is 11.7. The highest BCUT2D eigenvalue weighted by Gasteiger charge is 2.22. The maximum atomic E-state index is 5.06. The molecule has 0 saturated carbocycles. The summed E-state index contributed by atoms with van der Waals surface area (Å²) >= 11 is 0. The Hall–Kier alpha value is -8.01. The highest BCUT2D eigenvalue weighted by Crippen LogP contribution is 2.48. The largest absolute Gasteiger partial charge is 0.208 e. The Morgan fingerprint density at radius 1 is 0.200 bits per heavy atom. The summed E-state index contributed by atoms with van der Waals surface area (Å²) < 4.78 is 0. The van der Waals surface area contributed by atoms with Gasteiger partial charge in [0, 0.05) is 16.7 Å². The zero-order chi connectivity index (χ0) is 39.6. The predicted octanol–water partition coefficient (Wildman–Crippen LogP) is 15.0. The van der Waals surface area contributed by atoms with Gasteiger partial charge in [0.15, 0.2) is 17.5 Å². The van der Waals surface area contributed by atoms with Crippen LogP contribution in [0.2, 0.25) is 0 Å². The third kappa shape index (κ3) is 5.79. The van der Waals surface area contributed by atoms with Crippen molar-refractivity contribution in [1.29, 1.82) is 0 Å². The maximum absolute atomic E-state index is 5.06. The van der Waals surface area contributed by atoms with Crippen LogP contribution in [-0.4, -0.2) is 15.0 Å². The Bertz CT molecular complexity index is 3460. The molecule has 10 aromatic carbocycles. The first-order valence-corrected chi connectivity index (χ1v) is 20.4. The van der Waals surface area contributed by atoms with Crippen LogP contribution >= 0.6 is 0 Å². The highest BCUT2D eigenvalue weighted by molar-refractivity contribution is 6.15. The first kappa shape index (κ1) is 34.1. The van der Waals surface area contributed by atoms with Crippen LogP contribution in [0.15, 0.2) is 212 Å². The molecule has 11 aromatic rings. The minimum absolute atomic E-state index is 0.639. The summed E-state index contributed by atoms with van der Waals surface area (Å²) in [6.45, 7) is 0. The summed E-state index contributed by atoms with van der Waals surface area (Å²) in [4.78, 5) is 15.1. The van der Waals surface area contributed by atoms with Crippen LogP contribution in [0, 0.1) is 0 Å². The first-order valence-electron chi connectivity index (χ1n) is 20.4. The van der Waals surface area contributed by atoms with Gasteiger partial charge in [-0.25, -0.2) is 15.0 Å². The molecule has 1 aliphatic carbocycles. The second-order valence-corrected chi connectivity index (χ2v) is 15.6. The van der Waals surface area contributed by atoms with Crippen LogP contribution in [0.1, 0.15) is 0 Å². The van der Waals surface area contributed by atoms with Gasteiger partial charge in [-0.2, -0.15) is 0 Å². The van der Waals surface area contributed by atoms with E-state index in [1.807, 2.05) is 30.3 Å². The quantitative estimate of drug-likeness (QED) is 0.169. The van der Waals surface area contributed by atoms with Crippen molar-refractivity contribution in [2.24, 2.45) is 0 Å². The number of rotatable bonds is 6. The lowest BCUT2D eigenvalue weighted by molar-refractivity contribution is 1.07. The molecule has 0 spiro atoms. The molecule has 0 amide bonds. The maximum Gasteiger partial charge on any atom is 0.164 e. The van der Waals surface area contributed by atoms with Crippen LogP contribution < -0.4 is 0 Å². The molecule has 0 radical (unpaired) electrons. The fourth-order valence-electron chi connectivity index (χ4n) is 9.01. The van der Waals surface area contributed by atoms with Crippen molar-refractivity contribution in [1.82, 2.24) is 15.0 Å². The summed E-state index contributed by atoms with van der Waals surface area (Å²) in [6, 6.07) is 76.1. The van der Waals surface area contributed by atoms with Gasteiger partial charge in [-0.15, -0.1) is 0 Å². The van der Waals surface area contributed by atoms with E-state index in [0.717, 1.165) is 27.6 Å². The lowest BCUT2D eigenvalue weighted by atomic mass is 9.90. The van der Waals surface area contributed by atoms with E-state index in [0.29, 0.717) is 17.5 Å². The number of hydrogen-bond donors (Lipinski definition) is 0. The molecule has 12 rings (SSSR count). The zero-order valence-electron chi connectivity index (χ0n) is 32.5. The van der Waals surface area contributed by atoms with Crippen molar-refractivity contribution in [3.63, 3.8) is 0 Å². The van der Waals surface area contributed by atoms with Crippen LogP contribution in [0.5, 0.6) is 0 Å². The highest BCUT2D eigenvalue weighted by atomic mass is 15.0. The van der Waals surface area contributed by atoms with E-state index >= 15 is 0 Å². The van der Waals surface area contributed by atoms with E-state index in [4.69, 9.17) is 15.0 Å². The van der Waals surface area contributed by atoms with Gasteiger partial charge in [0.25, 0.3) is 0 Å². The molecule has 0 atom stereocenters.